The maximum atomic E-state index is 2.41. The first-order valence-corrected chi connectivity index (χ1v) is 7.94. The molecule has 0 nitrogen and oxygen atoms in total. The number of hydrogen-bond acceptors (Lipinski definition) is 0. The highest BCUT2D eigenvalue weighted by atomic mass is 14.3. The Labute approximate surface area is 129 Å². The molecule has 0 heteroatoms. The Morgan fingerprint density at radius 1 is 0.762 bits per heavy atom. The largest absolute Gasteiger partial charge is 0.0613 e. The summed E-state index contributed by atoms with van der Waals surface area (Å²) >= 11 is 0. The lowest BCUT2D eigenvalue weighted by atomic mass is 9.82. The van der Waals surface area contributed by atoms with Crippen LogP contribution < -0.4 is 0 Å². The van der Waals surface area contributed by atoms with Gasteiger partial charge < -0.3 is 0 Å². The van der Waals surface area contributed by atoms with Crippen LogP contribution in [0.15, 0.2) is 36.4 Å². The molecule has 1 aliphatic rings. The van der Waals surface area contributed by atoms with Gasteiger partial charge in [0.05, 0.1) is 0 Å². The summed E-state index contributed by atoms with van der Waals surface area (Å²) in [6.45, 7) is 13.8. The Kier molecular flexibility index (Phi) is 3.06. The predicted molar refractivity (Wildman–Crippen MR) is 92.1 cm³/mol. The van der Waals surface area contributed by atoms with Crippen LogP contribution in [0.4, 0.5) is 0 Å². The average molecular weight is 278 g/mol. The smallest absolute Gasteiger partial charge is 0.00105 e. The molecule has 0 N–H and O–H groups in total. The normalized spacial score (nSPS) is 14.0. The molecule has 0 atom stereocenters. The third-order valence-electron chi connectivity index (χ3n) is 4.62. The molecule has 0 aliphatic heterocycles. The molecular formula is C21H26. The summed E-state index contributed by atoms with van der Waals surface area (Å²) in [7, 11) is 0. The summed E-state index contributed by atoms with van der Waals surface area (Å²) < 4.78 is 0. The van der Waals surface area contributed by atoms with E-state index in [1.807, 2.05) is 0 Å². The van der Waals surface area contributed by atoms with Crippen molar-refractivity contribution < 1.29 is 0 Å². The van der Waals surface area contributed by atoms with Gasteiger partial charge in [0.15, 0.2) is 0 Å². The topological polar surface area (TPSA) is 0 Å². The zero-order valence-electron chi connectivity index (χ0n) is 14.2. The van der Waals surface area contributed by atoms with E-state index in [2.05, 4.69) is 77.9 Å². The summed E-state index contributed by atoms with van der Waals surface area (Å²) in [5.74, 6) is 0. The number of benzene rings is 2. The summed E-state index contributed by atoms with van der Waals surface area (Å²) in [5, 5.41) is 0. The van der Waals surface area contributed by atoms with Crippen molar-refractivity contribution in [2.45, 2.75) is 58.8 Å². The van der Waals surface area contributed by atoms with E-state index in [1.165, 1.54) is 33.4 Å². The lowest BCUT2D eigenvalue weighted by Gasteiger charge is -2.22. The van der Waals surface area contributed by atoms with E-state index < -0.39 is 0 Å². The van der Waals surface area contributed by atoms with Crippen molar-refractivity contribution in [2.24, 2.45) is 0 Å². The molecule has 0 fully saturated rings. The Balaban J connectivity index is 2.18. The molecule has 0 aromatic heterocycles. The highest BCUT2D eigenvalue weighted by Gasteiger charge is 2.27. The van der Waals surface area contributed by atoms with Gasteiger partial charge in [-0.2, -0.15) is 0 Å². The minimum absolute atomic E-state index is 0.208. The summed E-state index contributed by atoms with van der Waals surface area (Å²) in [5.41, 5.74) is 9.25. The Hall–Kier alpha value is -1.56. The van der Waals surface area contributed by atoms with Crippen LogP contribution in [-0.4, -0.2) is 0 Å². The van der Waals surface area contributed by atoms with Crippen molar-refractivity contribution in [1.82, 2.24) is 0 Å². The van der Waals surface area contributed by atoms with Crippen LogP contribution in [0.1, 0.15) is 63.8 Å². The zero-order valence-corrected chi connectivity index (χ0v) is 14.2. The Morgan fingerprint density at radius 3 is 2.10 bits per heavy atom. The molecule has 0 saturated heterocycles. The van der Waals surface area contributed by atoms with Crippen LogP contribution in [0.5, 0.6) is 0 Å². The first-order valence-electron chi connectivity index (χ1n) is 7.94. The van der Waals surface area contributed by atoms with E-state index in [-0.39, 0.29) is 10.8 Å². The van der Waals surface area contributed by atoms with Crippen LogP contribution in [-0.2, 0) is 17.3 Å². The fraction of sp³-hybridized carbons (Fsp3) is 0.429. The van der Waals surface area contributed by atoms with Gasteiger partial charge in [-0.05, 0) is 50.6 Å². The fourth-order valence-electron chi connectivity index (χ4n) is 3.37. The lowest BCUT2D eigenvalue weighted by Crippen LogP contribution is -2.13. The zero-order chi connectivity index (χ0) is 15.4. The van der Waals surface area contributed by atoms with E-state index in [9.17, 15) is 0 Å². The number of hydrogen-bond donors (Lipinski definition) is 0. The maximum absolute atomic E-state index is 2.41. The van der Waals surface area contributed by atoms with Gasteiger partial charge in [0.2, 0.25) is 0 Å². The minimum Gasteiger partial charge on any atom is -0.0613 e. The van der Waals surface area contributed by atoms with Crippen molar-refractivity contribution >= 4 is 0 Å². The van der Waals surface area contributed by atoms with Crippen molar-refractivity contribution in [2.75, 3.05) is 0 Å². The second-order valence-corrected chi connectivity index (χ2v) is 8.38. The maximum Gasteiger partial charge on any atom is -0.00105 e. The van der Waals surface area contributed by atoms with Crippen molar-refractivity contribution in [3.63, 3.8) is 0 Å². The number of fused-ring (bicyclic) bond motifs is 3. The molecule has 0 bridgehead atoms. The highest BCUT2D eigenvalue weighted by molar-refractivity contribution is 5.79. The third kappa shape index (κ3) is 2.41. The molecule has 0 spiro atoms. The van der Waals surface area contributed by atoms with Crippen molar-refractivity contribution in [3.8, 4) is 11.1 Å². The standard InChI is InChI=1S/C21H26/c1-20(2,3)15-11-10-14-12-18-16(17(14)13-15)8-7-9-19(18)21(4,5)6/h7-11,13H,12H2,1-6H3. The highest BCUT2D eigenvalue weighted by Crippen LogP contribution is 2.43. The van der Waals surface area contributed by atoms with Gasteiger partial charge >= 0.3 is 0 Å². The minimum atomic E-state index is 0.208. The van der Waals surface area contributed by atoms with Gasteiger partial charge in [-0.15, -0.1) is 0 Å². The molecule has 0 amide bonds. The molecule has 2 aromatic carbocycles. The van der Waals surface area contributed by atoms with Crippen LogP contribution in [0.2, 0.25) is 0 Å². The summed E-state index contributed by atoms with van der Waals surface area (Å²) in [6.07, 6.45) is 1.09. The molecule has 3 rings (SSSR count). The molecule has 21 heavy (non-hydrogen) atoms. The van der Waals surface area contributed by atoms with E-state index >= 15 is 0 Å². The van der Waals surface area contributed by atoms with E-state index in [0.717, 1.165) is 6.42 Å². The van der Waals surface area contributed by atoms with Crippen LogP contribution >= 0.6 is 0 Å². The van der Waals surface area contributed by atoms with Crippen molar-refractivity contribution in [1.29, 1.82) is 0 Å². The average Bonchev–Trinajstić information content (AvgIpc) is 2.73. The third-order valence-corrected chi connectivity index (χ3v) is 4.62. The van der Waals surface area contributed by atoms with Gasteiger partial charge in [-0.3, -0.25) is 0 Å². The molecule has 110 valence electrons. The van der Waals surface area contributed by atoms with Crippen LogP contribution in [0, 0.1) is 0 Å². The Bertz CT molecular complexity index is 691. The van der Waals surface area contributed by atoms with Gasteiger partial charge in [-0.1, -0.05) is 77.9 Å². The van der Waals surface area contributed by atoms with E-state index in [4.69, 9.17) is 0 Å². The monoisotopic (exact) mass is 278 g/mol. The second kappa shape index (κ2) is 4.47. The molecule has 0 radical (unpaired) electrons. The predicted octanol–water partition coefficient (Wildman–Crippen LogP) is 5.85. The molecule has 2 aromatic rings. The first-order chi connectivity index (χ1) is 9.68. The van der Waals surface area contributed by atoms with Gasteiger partial charge in [0.1, 0.15) is 0 Å². The van der Waals surface area contributed by atoms with Gasteiger partial charge in [0, 0.05) is 0 Å². The number of rotatable bonds is 0. The molecule has 0 heterocycles. The molecule has 0 unspecified atom stereocenters. The van der Waals surface area contributed by atoms with Crippen LogP contribution in [0.25, 0.3) is 11.1 Å². The summed E-state index contributed by atoms with van der Waals surface area (Å²) in [6, 6.07) is 13.9. The first kappa shape index (κ1) is 14.4. The summed E-state index contributed by atoms with van der Waals surface area (Å²) in [4.78, 5) is 0. The fourth-order valence-corrected chi connectivity index (χ4v) is 3.37. The van der Waals surface area contributed by atoms with Crippen LogP contribution in [0.3, 0.4) is 0 Å². The van der Waals surface area contributed by atoms with Gasteiger partial charge in [0.25, 0.3) is 0 Å². The molecule has 1 aliphatic carbocycles. The molecule has 0 saturated carbocycles. The quantitative estimate of drug-likeness (QED) is 0.483. The SMILES string of the molecule is CC(C)(C)c1ccc2c(c1)-c1cccc(C(C)(C)C)c1C2. The molecular weight excluding hydrogens is 252 g/mol. The Morgan fingerprint density at radius 2 is 1.48 bits per heavy atom. The van der Waals surface area contributed by atoms with E-state index in [0.29, 0.717) is 0 Å². The van der Waals surface area contributed by atoms with Crippen molar-refractivity contribution in [3.05, 3.63) is 58.7 Å². The lowest BCUT2D eigenvalue weighted by molar-refractivity contribution is 0.585. The van der Waals surface area contributed by atoms with E-state index in [1.54, 1.807) is 0 Å². The van der Waals surface area contributed by atoms with Gasteiger partial charge in [-0.25, -0.2) is 0 Å². The second-order valence-electron chi connectivity index (χ2n) is 8.38.